The SMILES string of the molecule is Cc1cc(Br)c(NC(=O)COc2cccc(C)c2C)c(Br)c1. The second-order valence-corrected chi connectivity index (χ2v) is 6.85. The molecule has 0 bridgehead atoms. The molecule has 0 unspecified atom stereocenters. The van der Waals surface area contributed by atoms with Gasteiger partial charge in [0.25, 0.3) is 5.91 Å². The molecule has 116 valence electrons. The van der Waals surface area contributed by atoms with Crippen molar-refractivity contribution in [3.05, 3.63) is 56.0 Å². The van der Waals surface area contributed by atoms with Gasteiger partial charge < -0.3 is 10.1 Å². The fraction of sp³-hybridized carbons (Fsp3) is 0.235. The van der Waals surface area contributed by atoms with Gasteiger partial charge in [0.2, 0.25) is 0 Å². The van der Waals surface area contributed by atoms with Crippen molar-refractivity contribution in [2.45, 2.75) is 20.8 Å². The van der Waals surface area contributed by atoms with Crippen LogP contribution in [-0.2, 0) is 4.79 Å². The van der Waals surface area contributed by atoms with Gasteiger partial charge in [0, 0.05) is 8.95 Å². The molecule has 2 rings (SSSR count). The Bertz CT molecular complexity index is 691. The Morgan fingerprint density at radius 1 is 1.14 bits per heavy atom. The lowest BCUT2D eigenvalue weighted by Crippen LogP contribution is -2.21. The lowest BCUT2D eigenvalue weighted by molar-refractivity contribution is -0.118. The van der Waals surface area contributed by atoms with E-state index in [1.807, 2.05) is 51.1 Å². The number of anilines is 1. The Morgan fingerprint density at radius 2 is 1.77 bits per heavy atom. The van der Waals surface area contributed by atoms with Crippen molar-refractivity contribution < 1.29 is 9.53 Å². The zero-order chi connectivity index (χ0) is 16.3. The van der Waals surface area contributed by atoms with Gasteiger partial charge in [-0.1, -0.05) is 12.1 Å². The highest BCUT2D eigenvalue weighted by atomic mass is 79.9. The number of aryl methyl sites for hydroxylation is 2. The molecular weight excluding hydrogens is 410 g/mol. The lowest BCUT2D eigenvalue weighted by atomic mass is 10.1. The molecule has 0 heterocycles. The molecule has 3 nitrogen and oxygen atoms in total. The summed E-state index contributed by atoms with van der Waals surface area (Å²) in [6.45, 7) is 5.96. The summed E-state index contributed by atoms with van der Waals surface area (Å²) in [5.41, 5.74) is 4.00. The van der Waals surface area contributed by atoms with Crippen molar-refractivity contribution in [2.24, 2.45) is 0 Å². The molecule has 0 spiro atoms. The van der Waals surface area contributed by atoms with E-state index in [1.165, 1.54) is 0 Å². The van der Waals surface area contributed by atoms with E-state index in [1.54, 1.807) is 0 Å². The third-order valence-electron chi connectivity index (χ3n) is 3.36. The lowest BCUT2D eigenvalue weighted by Gasteiger charge is -2.13. The zero-order valence-corrected chi connectivity index (χ0v) is 15.8. The summed E-state index contributed by atoms with van der Waals surface area (Å²) in [6, 6.07) is 9.71. The molecule has 2 aromatic carbocycles. The molecular formula is C17H17Br2NO2. The van der Waals surface area contributed by atoms with Gasteiger partial charge >= 0.3 is 0 Å². The number of nitrogens with one attached hydrogen (secondary N) is 1. The molecule has 5 heteroatoms. The van der Waals surface area contributed by atoms with Gasteiger partial charge in [0.05, 0.1) is 5.69 Å². The number of hydrogen-bond donors (Lipinski definition) is 1. The van der Waals surface area contributed by atoms with Crippen LogP contribution in [0.15, 0.2) is 39.3 Å². The summed E-state index contributed by atoms with van der Waals surface area (Å²) in [4.78, 5) is 12.1. The minimum absolute atomic E-state index is 0.0307. The molecule has 0 aromatic heterocycles. The van der Waals surface area contributed by atoms with Gasteiger partial charge in [-0.05, 0) is 87.5 Å². The Balaban J connectivity index is 2.04. The number of hydrogen-bond acceptors (Lipinski definition) is 2. The van der Waals surface area contributed by atoms with Gasteiger partial charge in [0.15, 0.2) is 6.61 Å². The fourth-order valence-corrected chi connectivity index (χ4v) is 3.63. The van der Waals surface area contributed by atoms with Gasteiger partial charge in [-0.2, -0.15) is 0 Å². The number of halogens is 2. The van der Waals surface area contributed by atoms with Gasteiger partial charge in [-0.25, -0.2) is 0 Å². The van der Waals surface area contributed by atoms with Crippen molar-refractivity contribution in [1.82, 2.24) is 0 Å². The highest BCUT2D eigenvalue weighted by Crippen LogP contribution is 2.32. The second-order valence-electron chi connectivity index (χ2n) is 5.14. The summed E-state index contributed by atoms with van der Waals surface area (Å²) < 4.78 is 7.28. The third-order valence-corrected chi connectivity index (χ3v) is 4.62. The van der Waals surface area contributed by atoms with Crippen LogP contribution in [-0.4, -0.2) is 12.5 Å². The summed E-state index contributed by atoms with van der Waals surface area (Å²) in [7, 11) is 0. The normalized spacial score (nSPS) is 10.4. The molecule has 0 aliphatic rings. The van der Waals surface area contributed by atoms with E-state index in [0.29, 0.717) is 5.69 Å². The van der Waals surface area contributed by atoms with Crippen molar-refractivity contribution in [3.8, 4) is 5.75 Å². The van der Waals surface area contributed by atoms with Crippen molar-refractivity contribution in [1.29, 1.82) is 0 Å². The molecule has 2 aromatic rings. The summed E-state index contributed by atoms with van der Waals surface area (Å²) >= 11 is 6.92. The fourth-order valence-electron chi connectivity index (χ4n) is 2.02. The Labute approximate surface area is 147 Å². The molecule has 0 aliphatic heterocycles. The first-order valence-electron chi connectivity index (χ1n) is 6.83. The van der Waals surface area contributed by atoms with E-state index in [2.05, 4.69) is 37.2 Å². The Morgan fingerprint density at radius 3 is 2.41 bits per heavy atom. The molecule has 0 saturated heterocycles. The van der Waals surface area contributed by atoms with Crippen LogP contribution in [0.4, 0.5) is 5.69 Å². The van der Waals surface area contributed by atoms with E-state index < -0.39 is 0 Å². The number of amides is 1. The molecule has 0 aliphatic carbocycles. The standard InChI is InChI=1S/C17H17Br2NO2/c1-10-7-13(18)17(14(19)8-10)20-16(21)9-22-15-6-4-5-11(2)12(15)3/h4-8H,9H2,1-3H3,(H,20,21). The van der Waals surface area contributed by atoms with Crippen LogP contribution in [0.5, 0.6) is 5.75 Å². The van der Waals surface area contributed by atoms with E-state index in [9.17, 15) is 4.79 Å². The predicted molar refractivity (Wildman–Crippen MR) is 96.6 cm³/mol. The van der Waals surface area contributed by atoms with Crippen LogP contribution in [0.25, 0.3) is 0 Å². The summed E-state index contributed by atoms with van der Waals surface area (Å²) in [6.07, 6.45) is 0. The molecule has 1 amide bonds. The van der Waals surface area contributed by atoms with E-state index in [-0.39, 0.29) is 12.5 Å². The summed E-state index contributed by atoms with van der Waals surface area (Å²) in [5.74, 6) is 0.531. The number of carbonyl (C=O) groups excluding carboxylic acids is 1. The van der Waals surface area contributed by atoms with Crippen molar-refractivity contribution >= 4 is 43.5 Å². The first kappa shape index (κ1) is 17.0. The first-order valence-corrected chi connectivity index (χ1v) is 8.41. The monoisotopic (exact) mass is 425 g/mol. The molecule has 0 atom stereocenters. The van der Waals surface area contributed by atoms with Crippen LogP contribution in [0, 0.1) is 20.8 Å². The van der Waals surface area contributed by atoms with Crippen molar-refractivity contribution in [2.75, 3.05) is 11.9 Å². The second kappa shape index (κ2) is 7.29. The number of ether oxygens (including phenoxy) is 1. The molecule has 0 saturated carbocycles. The topological polar surface area (TPSA) is 38.3 Å². The average molecular weight is 427 g/mol. The predicted octanol–water partition coefficient (Wildman–Crippen LogP) is 5.15. The first-order chi connectivity index (χ1) is 10.4. The summed E-state index contributed by atoms with van der Waals surface area (Å²) in [5, 5.41) is 2.85. The molecule has 1 N–H and O–H groups in total. The van der Waals surface area contributed by atoms with Crippen LogP contribution in [0.3, 0.4) is 0 Å². The molecule has 0 radical (unpaired) electrons. The van der Waals surface area contributed by atoms with Crippen LogP contribution in [0.1, 0.15) is 16.7 Å². The maximum Gasteiger partial charge on any atom is 0.262 e. The smallest absolute Gasteiger partial charge is 0.262 e. The third kappa shape index (κ3) is 4.11. The highest BCUT2D eigenvalue weighted by molar-refractivity contribution is 9.11. The molecule has 22 heavy (non-hydrogen) atoms. The van der Waals surface area contributed by atoms with Gasteiger partial charge in [-0.15, -0.1) is 0 Å². The Kier molecular flexibility index (Phi) is 5.64. The van der Waals surface area contributed by atoms with Crippen molar-refractivity contribution in [3.63, 3.8) is 0 Å². The van der Waals surface area contributed by atoms with Crippen LogP contribution in [0.2, 0.25) is 0 Å². The Hall–Kier alpha value is -1.33. The largest absolute Gasteiger partial charge is 0.483 e. The van der Waals surface area contributed by atoms with Crippen LogP contribution < -0.4 is 10.1 Å². The van der Waals surface area contributed by atoms with Crippen LogP contribution >= 0.6 is 31.9 Å². The minimum atomic E-state index is -0.203. The average Bonchev–Trinajstić information content (AvgIpc) is 2.44. The van der Waals surface area contributed by atoms with E-state index >= 15 is 0 Å². The number of benzene rings is 2. The zero-order valence-electron chi connectivity index (χ0n) is 12.7. The quantitative estimate of drug-likeness (QED) is 0.733. The minimum Gasteiger partial charge on any atom is -0.483 e. The van der Waals surface area contributed by atoms with Gasteiger partial charge in [-0.3, -0.25) is 4.79 Å². The molecule has 0 fully saturated rings. The number of rotatable bonds is 4. The number of carbonyl (C=O) groups is 1. The highest BCUT2D eigenvalue weighted by Gasteiger charge is 2.11. The van der Waals surface area contributed by atoms with E-state index in [4.69, 9.17) is 4.74 Å². The maximum atomic E-state index is 12.1. The van der Waals surface area contributed by atoms with E-state index in [0.717, 1.165) is 31.4 Å². The van der Waals surface area contributed by atoms with Gasteiger partial charge in [0.1, 0.15) is 5.75 Å². The maximum absolute atomic E-state index is 12.1.